The van der Waals surface area contributed by atoms with E-state index in [2.05, 4.69) is 47.1 Å². The molecule has 1 unspecified atom stereocenters. The Balaban J connectivity index is 1.39. The molecule has 0 bridgehead atoms. The quantitative estimate of drug-likeness (QED) is 0.553. The zero-order chi connectivity index (χ0) is 25.3. The van der Waals surface area contributed by atoms with E-state index in [0.29, 0.717) is 13.1 Å². The van der Waals surface area contributed by atoms with E-state index in [1.54, 1.807) is 7.05 Å². The molecule has 7 nitrogen and oxygen atoms in total. The third kappa shape index (κ3) is 4.59. The fourth-order valence-corrected chi connectivity index (χ4v) is 6.48. The Bertz CT molecular complexity index is 1100. The first kappa shape index (κ1) is 25.0. The zero-order valence-electron chi connectivity index (χ0n) is 21.8. The summed E-state index contributed by atoms with van der Waals surface area (Å²) in [5, 5.41) is 12.1. The summed E-state index contributed by atoms with van der Waals surface area (Å²) in [6, 6.07) is 13.8. The summed E-state index contributed by atoms with van der Waals surface area (Å²) in [7, 11) is 1.77. The van der Waals surface area contributed by atoms with E-state index in [4.69, 9.17) is 4.74 Å². The van der Waals surface area contributed by atoms with Crippen molar-refractivity contribution in [2.45, 2.75) is 82.1 Å². The molecule has 36 heavy (non-hydrogen) atoms. The van der Waals surface area contributed by atoms with Gasteiger partial charge in [0, 0.05) is 19.1 Å². The lowest BCUT2D eigenvalue weighted by atomic mass is 9.82. The van der Waals surface area contributed by atoms with Crippen LogP contribution in [0.25, 0.3) is 10.8 Å². The van der Waals surface area contributed by atoms with Gasteiger partial charge < -0.3 is 25.6 Å². The molecule has 2 amide bonds. The molecule has 2 aromatic carbocycles. The fraction of sp³-hybridized carbons (Fsp3) is 0.586. The summed E-state index contributed by atoms with van der Waals surface area (Å²) >= 11 is 0. The van der Waals surface area contributed by atoms with Crippen LogP contribution in [0.3, 0.4) is 0 Å². The van der Waals surface area contributed by atoms with Crippen LogP contribution in [0, 0.1) is 5.92 Å². The van der Waals surface area contributed by atoms with Gasteiger partial charge in [0.05, 0.1) is 11.6 Å². The molecule has 5 rings (SSSR count). The Morgan fingerprint density at radius 2 is 1.83 bits per heavy atom. The Kier molecular flexibility index (Phi) is 7.22. The third-order valence-corrected chi connectivity index (χ3v) is 8.91. The van der Waals surface area contributed by atoms with Gasteiger partial charge in [0.25, 0.3) is 0 Å². The van der Waals surface area contributed by atoms with E-state index in [1.165, 1.54) is 11.8 Å². The Morgan fingerprint density at radius 1 is 1.08 bits per heavy atom. The van der Waals surface area contributed by atoms with Crippen molar-refractivity contribution in [2.75, 3.05) is 20.1 Å². The molecule has 1 saturated carbocycles. The van der Waals surface area contributed by atoms with Gasteiger partial charge in [-0.05, 0) is 69.0 Å². The van der Waals surface area contributed by atoms with Crippen molar-refractivity contribution < 1.29 is 14.3 Å². The molecule has 194 valence electrons. The van der Waals surface area contributed by atoms with E-state index in [9.17, 15) is 9.59 Å². The van der Waals surface area contributed by atoms with Gasteiger partial charge in [-0.3, -0.25) is 9.59 Å². The molecule has 3 fully saturated rings. The first-order valence-electron chi connectivity index (χ1n) is 13.6. The monoisotopic (exact) mass is 492 g/mol. The van der Waals surface area contributed by atoms with Crippen molar-refractivity contribution in [3.8, 4) is 5.75 Å². The number of carbonyl (C=O) groups is 2. The number of fused-ring (bicyclic) bond motifs is 2. The Labute approximate surface area is 214 Å². The van der Waals surface area contributed by atoms with Crippen LogP contribution in [0.1, 0.15) is 52.4 Å². The lowest BCUT2D eigenvalue weighted by molar-refractivity contribution is -0.144. The van der Waals surface area contributed by atoms with E-state index in [0.717, 1.165) is 43.2 Å². The number of hydrogen-bond acceptors (Lipinski definition) is 5. The number of amides is 2. The summed E-state index contributed by atoms with van der Waals surface area (Å²) < 4.78 is 6.59. The second-order valence-corrected chi connectivity index (χ2v) is 11.0. The molecule has 2 aromatic rings. The lowest BCUT2D eigenvalue weighted by Crippen LogP contribution is -2.63. The molecule has 1 aliphatic carbocycles. The van der Waals surface area contributed by atoms with Crippen LogP contribution in [-0.2, 0) is 9.59 Å². The summed E-state index contributed by atoms with van der Waals surface area (Å²) in [4.78, 5) is 29.1. The van der Waals surface area contributed by atoms with Crippen LogP contribution in [0.15, 0.2) is 42.5 Å². The summed E-state index contributed by atoms with van der Waals surface area (Å²) in [5.41, 5.74) is -0.477. The number of benzene rings is 2. The third-order valence-electron chi connectivity index (χ3n) is 8.91. The predicted molar refractivity (Wildman–Crippen MR) is 142 cm³/mol. The molecule has 0 spiro atoms. The molecule has 3 aliphatic rings. The molecule has 2 saturated heterocycles. The number of nitrogens with one attached hydrogen (secondary N) is 3. The maximum Gasteiger partial charge on any atom is 0.246 e. The van der Waals surface area contributed by atoms with Gasteiger partial charge in [0.2, 0.25) is 11.8 Å². The maximum atomic E-state index is 14.2. The number of hydrogen-bond donors (Lipinski definition) is 3. The average Bonchev–Trinajstić information content (AvgIpc) is 3.41. The van der Waals surface area contributed by atoms with Crippen molar-refractivity contribution in [3.63, 3.8) is 0 Å². The molecule has 2 aliphatic heterocycles. The standard InChI is InChI=1S/C29H40N4O3/c1-19(30-3)27(34)32-26(21-10-5-4-6-11-21)28(35)33-16-15-24-29(33,2)25(18-31-24)36-23-14-13-20-9-7-8-12-22(20)17-23/h7-9,12-14,17,19,21,24-26,30-31H,4-6,10-11,15-16,18H2,1-3H3,(H,32,34)/t19-,24+,25-,26?,29-/m0/s1. The summed E-state index contributed by atoms with van der Waals surface area (Å²) in [5.74, 6) is 0.924. The van der Waals surface area contributed by atoms with E-state index >= 15 is 0 Å². The SMILES string of the molecule is CN[C@@H](C)C(=O)NC(C(=O)N1CC[C@H]2NC[C@H](Oc3ccc4ccccc4c3)[C@]21C)C1CCCCC1. The normalized spacial score (nSPS) is 28.0. The number of ether oxygens (including phenoxy) is 1. The number of nitrogens with zero attached hydrogens (tertiary/aromatic N) is 1. The topological polar surface area (TPSA) is 82.7 Å². The molecule has 3 N–H and O–H groups in total. The smallest absolute Gasteiger partial charge is 0.246 e. The minimum atomic E-state index is -0.494. The lowest BCUT2D eigenvalue weighted by Gasteiger charge is -2.42. The van der Waals surface area contributed by atoms with Crippen molar-refractivity contribution in [3.05, 3.63) is 42.5 Å². The van der Waals surface area contributed by atoms with E-state index in [-0.39, 0.29) is 35.9 Å². The van der Waals surface area contributed by atoms with E-state index in [1.807, 2.05) is 30.0 Å². The largest absolute Gasteiger partial charge is 0.487 e. The van der Waals surface area contributed by atoms with Crippen molar-refractivity contribution in [2.24, 2.45) is 5.92 Å². The second-order valence-electron chi connectivity index (χ2n) is 11.0. The van der Waals surface area contributed by atoms with E-state index < -0.39 is 11.6 Å². The first-order valence-corrected chi connectivity index (χ1v) is 13.6. The van der Waals surface area contributed by atoms with Gasteiger partial charge in [-0.1, -0.05) is 49.6 Å². The minimum Gasteiger partial charge on any atom is -0.487 e. The highest BCUT2D eigenvalue weighted by molar-refractivity contribution is 5.90. The minimum absolute atomic E-state index is 0.0411. The number of likely N-dealkylation sites (N-methyl/N-ethyl adjacent to an activating group) is 1. The average molecular weight is 493 g/mol. The van der Waals surface area contributed by atoms with Gasteiger partial charge in [-0.15, -0.1) is 0 Å². The number of likely N-dealkylation sites (tertiary alicyclic amines) is 1. The zero-order valence-corrected chi connectivity index (χ0v) is 21.8. The molecule has 7 heteroatoms. The highest BCUT2D eigenvalue weighted by atomic mass is 16.5. The number of rotatable bonds is 7. The summed E-state index contributed by atoms with van der Waals surface area (Å²) in [6.45, 7) is 5.35. The van der Waals surface area contributed by atoms with Gasteiger partial charge in [0.1, 0.15) is 17.9 Å². The predicted octanol–water partition coefficient (Wildman–Crippen LogP) is 3.22. The van der Waals surface area contributed by atoms with Crippen molar-refractivity contribution in [1.29, 1.82) is 0 Å². The highest BCUT2D eigenvalue weighted by Gasteiger charge is 2.58. The second kappa shape index (κ2) is 10.4. The van der Waals surface area contributed by atoms with Crippen LogP contribution in [0.4, 0.5) is 0 Å². The highest BCUT2D eigenvalue weighted by Crippen LogP contribution is 2.40. The van der Waals surface area contributed by atoms with Crippen molar-refractivity contribution >= 4 is 22.6 Å². The molecule has 0 aromatic heterocycles. The van der Waals surface area contributed by atoms with Crippen LogP contribution in [0.2, 0.25) is 0 Å². The molecule has 0 radical (unpaired) electrons. The Hall–Kier alpha value is -2.64. The van der Waals surface area contributed by atoms with Crippen LogP contribution in [-0.4, -0.2) is 66.6 Å². The first-order chi connectivity index (χ1) is 17.4. The molecule has 5 atom stereocenters. The van der Waals surface area contributed by atoms with Gasteiger partial charge in [0.15, 0.2) is 0 Å². The van der Waals surface area contributed by atoms with Crippen LogP contribution < -0.4 is 20.7 Å². The molecule has 2 heterocycles. The molecular formula is C29H40N4O3. The fourth-order valence-electron chi connectivity index (χ4n) is 6.48. The number of carbonyl (C=O) groups excluding carboxylic acids is 2. The molecular weight excluding hydrogens is 452 g/mol. The van der Waals surface area contributed by atoms with Crippen LogP contribution >= 0.6 is 0 Å². The van der Waals surface area contributed by atoms with Gasteiger partial charge >= 0.3 is 0 Å². The van der Waals surface area contributed by atoms with Gasteiger partial charge in [-0.2, -0.15) is 0 Å². The van der Waals surface area contributed by atoms with Crippen LogP contribution in [0.5, 0.6) is 5.75 Å². The van der Waals surface area contributed by atoms with Crippen molar-refractivity contribution in [1.82, 2.24) is 20.9 Å². The summed E-state index contributed by atoms with van der Waals surface area (Å²) in [6.07, 6.45) is 6.10. The maximum absolute atomic E-state index is 14.2. The van der Waals surface area contributed by atoms with Gasteiger partial charge in [-0.25, -0.2) is 0 Å². The Morgan fingerprint density at radius 3 is 2.58 bits per heavy atom.